The molecule has 1 rings (SSSR count). The van der Waals surface area contributed by atoms with Crippen molar-refractivity contribution in [3.8, 4) is 6.07 Å². The van der Waals surface area contributed by atoms with Crippen molar-refractivity contribution < 1.29 is 19.8 Å². The third-order valence-electron chi connectivity index (χ3n) is 2.15. The van der Waals surface area contributed by atoms with Gasteiger partial charge in [0.25, 0.3) is 5.91 Å². The van der Waals surface area contributed by atoms with Gasteiger partial charge in [-0.2, -0.15) is 5.26 Å². The van der Waals surface area contributed by atoms with E-state index >= 15 is 0 Å². The molecule has 0 saturated carbocycles. The Morgan fingerprint density at radius 3 is 2.67 bits per heavy atom. The van der Waals surface area contributed by atoms with Crippen LogP contribution in [0.1, 0.15) is 22.5 Å². The average molecular weight is 249 g/mol. The first kappa shape index (κ1) is 13.6. The molecule has 0 bridgehead atoms. The molecule has 0 saturated heterocycles. The number of carbonyl (C=O) groups excluding carboxylic acids is 1. The number of pyridine rings is 1. The predicted molar refractivity (Wildman–Crippen MR) is 59.5 cm³/mol. The summed E-state index contributed by atoms with van der Waals surface area (Å²) in [6.45, 7) is -0.349. The Morgan fingerprint density at radius 1 is 1.50 bits per heavy atom. The molecule has 0 aliphatic heterocycles. The number of carboxylic acids is 1. The third-order valence-corrected chi connectivity index (χ3v) is 2.15. The lowest BCUT2D eigenvalue weighted by Crippen LogP contribution is -2.41. The number of nitrogens with one attached hydrogen (secondary N) is 1. The Labute approximate surface area is 103 Å². The fourth-order valence-corrected chi connectivity index (χ4v) is 1.21. The highest BCUT2D eigenvalue weighted by Gasteiger charge is 2.20. The maximum Gasteiger partial charge on any atom is 0.326 e. The second-order valence-electron chi connectivity index (χ2n) is 3.42. The molecule has 0 spiro atoms. The number of aliphatic hydroxyl groups excluding tert-OH is 1. The van der Waals surface area contributed by atoms with E-state index in [9.17, 15) is 9.59 Å². The highest BCUT2D eigenvalue weighted by molar-refractivity contribution is 5.94. The van der Waals surface area contributed by atoms with Crippen LogP contribution in [0.25, 0.3) is 0 Å². The summed E-state index contributed by atoms with van der Waals surface area (Å²) in [5, 5.41) is 28.3. The minimum atomic E-state index is -1.23. The minimum absolute atomic E-state index is 0.0122. The molecule has 0 unspecified atom stereocenters. The molecule has 0 aliphatic carbocycles. The van der Waals surface area contributed by atoms with Crippen LogP contribution < -0.4 is 5.32 Å². The number of aliphatic carboxylic acids is 1. The average Bonchev–Trinajstić information content (AvgIpc) is 2.38. The second kappa shape index (κ2) is 6.32. The summed E-state index contributed by atoms with van der Waals surface area (Å²) < 4.78 is 0. The van der Waals surface area contributed by atoms with E-state index < -0.39 is 17.9 Å². The van der Waals surface area contributed by atoms with E-state index in [1.54, 1.807) is 0 Å². The molecule has 18 heavy (non-hydrogen) atoms. The Morgan fingerprint density at radius 2 is 2.22 bits per heavy atom. The number of aromatic nitrogens is 1. The lowest BCUT2D eigenvalue weighted by molar-refractivity contribution is -0.139. The summed E-state index contributed by atoms with van der Waals surface area (Å²) in [4.78, 5) is 26.1. The fourth-order valence-electron chi connectivity index (χ4n) is 1.21. The maximum absolute atomic E-state index is 11.6. The minimum Gasteiger partial charge on any atom is -0.480 e. The van der Waals surface area contributed by atoms with Crippen LogP contribution in [0.2, 0.25) is 0 Å². The normalized spacial score (nSPS) is 11.3. The lowest BCUT2D eigenvalue weighted by atomic mass is 10.2. The number of amides is 1. The van der Waals surface area contributed by atoms with Crippen molar-refractivity contribution in [1.29, 1.82) is 5.26 Å². The Hall–Kier alpha value is -2.46. The van der Waals surface area contributed by atoms with Gasteiger partial charge in [-0.1, -0.05) is 0 Å². The number of rotatable bonds is 5. The van der Waals surface area contributed by atoms with E-state index in [0.717, 1.165) is 0 Å². The van der Waals surface area contributed by atoms with Gasteiger partial charge in [0.1, 0.15) is 17.8 Å². The molecule has 0 aliphatic rings. The fraction of sp³-hybridized carbons (Fsp3) is 0.273. The zero-order valence-corrected chi connectivity index (χ0v) is 9.33. The Bertz CT molecular complexity index is 478. The molecule has 7 heteroatoms. The summed E-state index contributed by atoms with van der Waals surface area (Å²) >= 11 is 0. The monoisotopic (exact) mass is 249 g/mol. The zero-order chi connectivity index (χ0) is 13.5. The molecule has 1 atom stereocenters. The van der Waals surface area contributed by atoms with Gasteiger partial charge in [-0.25, -0.2) is 9.78 Å². The summed E-state index contributed by atoms with van der Waals surface area (Å²) in [5.74, 6) is -1.90. The first-order chi connectivity index (χ1) is 8.58. The molecule has 0 radical (unpaired) electrons. The van der Waals surface area contributed by atoms with Crippen molar-refractivity contribution in [2.75, 3.05) is 6.61 Å². The summed E-state index contributed by atoms with van der Waals surface area (Å²) in [5.41, 5.74) is 0.315. The van der Waals surface area contributed by atoms with Gasteiger partial charge in [0.2, 0.25) is 0 Å². The number of nitriles is 1. The number of hydrogen-bond donors (Lipinski definition) is 3. The standard InChI is InChI=1S/C11H11N3O4/c12-5-7-1-2-8(13-6-7)10(16)14-9(3-4-15)11(17)18/h1-2,6,9,15H,3-4H2,(H,14,16)(H,17,18)/t9-/m1/s1. The van der Waals surface area contributed by atoms with Gasteiger partial charge in [0.05, 0.1) is 5.56 Å². The van der Waals surface area contributed by atoms with Crippen LogP contribution in [0.3, 0.4) is 0 Å². The first-order valence-electron chi connectivity index (χ1n) is 5.09. The Kier molecular flexibility index (Phi) is 4.78. The van der Waals surface area contributed by atoms with Crippen molar-refractivity contribution in [1.82, 2.24) is 10.3 Å². The van der Waals surface area contributed by atoms with Crippen LogP contribution in [0.15, 0.2) is 18.3 Å². The van der Waals surface area contributed by atoms with E-state index in [1.807, 2.05) is 6.07 Å². The third kappa shape index (κ3) is 3.54. The van der Waals surface area contributed by atoms with Crippen molar-refractivity contribution in [3.63, 3.8) is 0 Å². The molecule has 0 fully saturated rings. The van der Waals surface area contributed by atoms with Gasteiger partial charge in [-0.3, -0.25) is 4.79 Å². The molecule has 1 heterocycles. The molecule has 3 N–H and O–H groups in total. The topological polar surface area (TPSA) is 123 Å². The first-order valence-corrected chi connectivity index (χ1v) is 5.09. The number of hydrogen-bond acceptors (Lipinski definition) is 5. The van der Waals surface area contributed by atoms with E-state index in [2.05, 4.69) is 10.3 Å². The van der Waals surface area contributed by atoms with Crippen molar-refractivity contribution in [2.45, 2.75) is 12.5 Å². The maximum atomic E-state index is 11.6. The van der Waals surface area contributed by atoms with Gasteiger partial charge < -0.3 is 15.5 Å². The smallest absolute Gasteiger partial charge is 0.326 e. The molecule has 1 aromatic rings. The van der Waals surface area contributed by atoms with Crippen LogP contribution in [0.4, 0.5) is 0 Å². The molecular formula is C11H11N3O4. The van der Waals surface area contributed by atoms with Gasteiger partial charge in [0, 0.05) is 19.2 Å². The van der Waals surface area contributed by atoms with Crippen molar-refractivity contribution in [3.05, 3.63) is 29.6 Å². The predicted octanol–water partition coefficient (Wildman–Crippen LogP) is -0.481. The van der Waals surface area contributed by atoms with Crippen LogP contribution >= 0.6 is 0 Å². The molecule has 0 aromatic carbocycles. The molecular weight excluding hydrogens is 238 g/mol. The number of aliphatic hydroxyl groups is 1. The molecule has 1 aromatic heterocycles. The van der Waals surface area contributed by atoms with Gasteiger partial charge in [-0.05, 0) is 12.1 Å². The quantitative estimate of drug-likeness (QED) is 0.647. The summed E-state index contributed by atoms with van der Waals surface area (Å²) in [7, 11) is 0. The van der Waals surface area contributed by atoms with E-state index in [-0.39, 0.29) is 18.7 Å². The number of carboxylic acid groups (broad SMARTS) is 1. The molecule has 7 nitrogen and oxygen atoms in total. The van der Waals surface area contributed by atoms with E-state index in [4.69, 9.17) is 15.5 Å². The van der Waals surface area contributed by atoms with E-state index in [1.165, 1.54) is 18.3 Å². The van der Waals surface area contributed by atoms with Gasteiger partial charge in [-0.15, -0.1) is 0 Å². The largest absolute Gasteiger partial charge is 0.480 e. The molecule has 1 amide bonds. The number of carbonyl (C=O) groups is 2. The summed E-state index contributed by atoms with van der Waals surface area (Å²) in [6, 6.07) is 3.42. The van der Waals surface area contributed by atoms with Crippen LogP contribution in [0.5, 0.6) is 0 Å². The van der Waals surface area contributed by atoms with Crippen LogP contribution in [-0.4, -0.2) is 39.7 Å². The highest BCUT2D eigenvalue weighted by atomic mass is 16.4. The van der Waals surface area contributed by atoms with Crippen molar-refractivity contribution in [2.24, 2.45) is 0 Å². The number of nitrogens with zero attached hydrogens (tertiary/aromatic N) is 2. The van der Waals surface area contributed by atoms with Crippen molar-refractivity contribution >= 4 is 11.9 Å². The van der Waals surface area contributed by atoms with Gasteiger partial charge >= 0.3 is 5.97 Å². The highest BCUT2D eigenvalue weighted by Crippen LogP contribution is 2.00. The lowest BCUT2D eigenvalue weighted by Gasteiger charge is -2.12. The van der Waals surface area contributed by atoms with Gasteiger partial charge in [0.15, 0.2) is 0 Å². The zero-order valence-electron chi connectivity index (χ0n) is 9.33. The molecule has 94 valence electrons. The Balaban J connectivity index is 2.74. The van der Waals surface area contributed by atoms with Crippen LogP contribution in [-0.2, 0) is 4.79 Å². The van der Waals surface area contributed by atoms with E-state index in [0.29, 0.717) is 5.56 Å². The second-order valence-corrected chi connectivity index (χ2v) is 3.42. The summed E-state index contributed by atoms with van der Waals surface area (Å²) in [6.07, 6.45) is 1.13. The van der Waals surface area contributed by atoms with Crippen LogP contribution in [0, 0.1) is 11.3 Å². The SMILES string of the molecule is N#Cc1ccc(C(=O)N[C@H](CCO)C(=O)O)nc1.